The van der Waals surface area contributed by atoms with Gasteiger partial charge in [0.2, 0.25) is 0 Å². The highest BCUT2D eigenvalue weighted by Gasteiger charge is 2.18. The molecule has 0 bridgehead atoms. The van der Waals surface area contributed by atoms with Crippen LogP contribution in [0, 0.1) is 5.92 Å². The fraction of sp³-hybridized carbons (Fsp3) is 0.857. The number of carbonyl (C=O) groups excluding carboxylic acids is 1. The van der Waals surface area contributed by atoms with Crippen molar-refractivity contribution in [1.82, 2.24) is 15.5 Å². The predicted octanol–water partition coefficient (Wildman–Crippen LogP) is 1.27. The minimum atomic E-state index is -0.867. The first-order valence-corrected chi connectivity index (χ1v) is 7.52. The second-order valence-electron chi connectivity index (χ2n) is 5.56. The van der Waals surface area contributed by atoms with Gasteiger partial charge in [-0.25, -0.2) is 4.79 Å². The van der Waals surface area contributed by atoms with E-state index < -0.39 is 11.9 Å². The second-order valence-corrected chi connectivity index (χ2v) is 5.56. The van der Waals surface area contributed by atoms with Crippen LogP contribution in [-0.2, 0) is 4.79 Å². The summed E-state index contributed by atoms with van der Waals surface area (Å²) in [5, 5.41) is 14.4. The quantitative estimate of drug-likeness (QED) is 0.658. The van der Waals surface area contributed by atoms with E-state index in [2.05, 4.69) is 15.5 Å². The van der Waals surface area contributed by atoms with Crippen LogP contribution in [0.1, 0.15) is 39.5 Å². The highest BCUT2D eigenvalue weighted by molar-refractivity contribution is 5.76. The number of carboxylic acid groups (broad SMARTS) is 1. The molecule has 0 spiro atoms. The lowest BCUT2D eigenvalue weighted by Gasteiger charge is -2.29. The summed E-state index contributed by atoms with van der Waals surface area (Å²) in [6.45, 7) is 7.01. The van der Waals surface area contributed by atoms with Crippen LogP contribution in [0.25, 0.3) is 0 Å². The van der Waals surface area contributed by atoms with Gasteiger partial charge in [-0.3, -0.25) is 4.79 Å². The molecule has 1 aliphatic rings. The highest BCUT2D eigenvalue weighted by atomic mass is 16.4. The van der Waals surface area contributed by atoms with Crippen molar-refractivity contribution >= 4 is 12.0 Å². The maximum absolute atomic E-state index is 11.7. The lowest BCUT2D eigenvalue weighted by Crippen LogP contribution is -2.48. The molecule has 1 aliphatic heterocycles. The topological polar surface area (TPSA) is 81.7 Å². The molecule has 2 unspecified atom stereocenters. The maximum atomic E-state index is 11.7. The first-order chi connectivity index (χ1) is 9.52. The van der Waals surface area contributed by atoms with Crippen molar-refractivity contribution in [3.8, 4) is 0 Å². The Morgan fingerprint density at radius 1 is 1.25 bits per heavy atom. The van der Waals surface area contributed by atoms with Gasteiger partial charge in [-0.15, -0.1) is 0 Å². The number of likely N-dealkylation sites (tertiary alicyclic amines) is 1. The van der Waals surface area contributed by atoms with E-state index in [-0.39, 0.29) is 18.6 Å². The molecule has 2 atom stereocenters. The van der Waals surface area contributed by atoms with Gasteiger partial charge in [0.05, 0.1) is 5.92 Å². The van der Waals surface area contributed by atoms with Crippen LogP contribution in [-0.4, -0.2) is 54.2 Å². The molecule has 2 amide bonds. The molecule has 1 heterocycles. The molecule has 1 fully saturated rings. The summed E-state index contributed by atoms with van der Waals surface area (Å²) in [6.07, 6.45) is 4.27. The fourth-order valence-electron chi connectivity index (χ4n) is 2.47. The van der Waals surface area contributed by atoms with E-state index in [4.69, 9.17) is 5.11 Å². The van der Waals surface area contributed by atoms with Crippen molar-refractivity contribution in [1.29, 1.82) is 0 Å². The smallest absolute Gasteiger partial charge is 0.315 e. The summed E-state index contributed by atoms with van der Waals surface area (Å²) in [5.41, 5.74) is 0. The first-order valence-electron chi connectivity index (χ1n) is 7.52. The number of carbonyl (C=O) groups is 2. The second kappa shape index (κ2) is 8.79. The average molecular weight is 285 g/mol. The van der Waals surface area contributed by atoms with E-state index in [1.54, 1.807) is 6.92 Å². The van der Waals surface area contributed by atoms with Gasteiger partial charge >= 0.3 is 12.0 Å². The van der Waals surface area contributed by atoms with E-state index in [1.165, 1.54) is 19.3 Å². The Morgan fingerprint density at radius 3 is 2.45 bits per heavy atom. The van der Waals surface area contributed by atoms with Gasteiger partial charge in [0.1, 0.15) is 0 Å². The average Bonchev–Trinajstić information content (AvgIpc) is 2.39. The molecular formula is C14H27N3O3. The number of hydrogen-bond donors (Lipinski definition) is 3. The minimum Gasteiger partial charge on any atom is -0.481 e. The SMILES string of the molecule is CCC(CNC(=O)NC(C)CN1CCCCC1)C(=O)O. The molecule has 20 heavy (non-hydrogen) atoms. The first kappa shape index (κ1) is 16.8. The molecule has 1 rings (SSSR count). The lowest BCUT2D eigenvalue weighted by molar-refractivity contribution is -0.141. The molecule has 3 N–H and O–H groups in total. The number of nitrogens with zero attached hydrogens (tertiary/aromatic N) is 1. The predicted molar refractivity (Wildman–Crippen MR) is 77.7 cm³/mol. The number of carboxylic acids is 1. The van der Waals surface area contributed by atoms with Crippen LogP contribution < -0.4 is 10.6 Å². The molecule has 0 aromatic rings. The van der Waals surface area contributed by atoms with Gasteiger partial charge in [0.25, 0.3) is 0 Å². The van der Waals surface area contributed by atoms with E-state index >= 15 is 0 Å². The lowest BCUT2D eigenvalue weighted by atomic mass is 10.1. The molecule has 6 nitrogen and oxygen atoms in total. The van der Waals surface area contributed by atoms with Gasteiger partial charge in [-0.2, -0.15) is 0 Å². The van der Waals surface area contributed by atoms with Crippen LogP contribution in [0.3, 0.4) is 0 Å². The van der Waals surface area contributed by atoms with Gasteiger partial charge in [0.15, 0.2) is 0 Å². The van der Waals surface area contributed by atoms with Crippen molar-refractivity contribution in [2.24, 2.45) is 5.92 Å². The molecule has 0 aromatic heterocycles. The van der Waals surface area contributed by atoms with E-state index in [0.29, 0.717) is 6.42 Å². The van der Waals surface area contributed by atoms with Gasteiger partial charge in [-0.1, -0.05) is 13.3 Å². The van der Waals surface area contributed by atoms with Crippen molar-refractivity contribution in [2.75, 3.05) is 26.2 Å². The molecule has 116 valence electrons. The van der Waals surface area contributed by atoms with Crippen molar-refractivity contribution in [3.05, 3.63) is 0 Å². The number of urea groups is 1. The molecule has 0 radical (unpaired) electrons. The minimum absolute atomic E-state index is 0.0676. The van der Waals surface area contributed by atoms with E-state index in [1.807, 2.05) is 6.92 Å². The Morgan fingerprint density at radius 2 is 1.90 bits per heavy atom. The van der Waals surface area contributed by atoms with Crippen LogP contribution >= 0.6 is 0 Å². The molecule has 0 aliphatic carbocycles. The number of nitrogens with one attached hydrogen (secondary N) is 2. The van der Waals surface area contributed by atoms with Crippen molar-refractivity contribution in [3.63, 3.8) is 0 Å². The molecule has 0 aromatic carbocycles. The number of aliphatic carboxylic acids is 1. The number of hydrogen-bond acceptors (Lipinski definition) is 3. The Kier molecular flexibility index (Phi) is 7.36. The van der Waals surface area contributed by atoms with Crippen molar-refractivity contribution in [2.45, 2.75) is 45.6 Å². The summed E-state index contributed by atoms with van der Waals surface area (Å²) >= 11 is 0. The Bertz CT molecular complexity index is 317. The third-order valence-electron chi connectivity index (χ3n) is 3.71. The third-order valence-corrected chi connectivity index (χ3v) is 3.71. The van der Waals surface area contributed by atoms with Crippen LogP contribution in [0.4, 0.5) is 4.79 Å². The van der Waals surface area contributed by atoms with Gasteiger partial charge < -0.3 is 20.6 Å². The Balaban J connectivity index is 2.21. The van der Waals surface area contributed by atoms with Gasteiger partial charge in [0, 0.05) is 19.1 Å². The van der Waals surface area contributed by atoms with Crippen LogP contribution in [0.15, 0.2) is 0 Å². The fourth-order valence-corrected chi connectivity index (χ4v) is 2.47. The molecular weight excluding hydrogens is 258 g/mol. The standard InChI is InChI=1S/C14H27N3O3/c1-3-12(13(18)19)9-15-14(20)16-11(2)10-17-7-5-4-6-8-17/h11-12H,3-10H2,1-2H3,(H,18,19)(H2,15,16,20). The summed E-state index contributed by atoms with van der Waals surface area (Å²) < 4.78 is 0. The number of amides is 2. The zero-order valence-corrected chi connectivity index (χ0v) is 12.5. The Labute approximate surface area is 120 Å². The highest BCUT2D eigenvalue weighted by Crippen LogP contribution is 2.08. The van der Waals surface area contributed by atoms with Crippen molar-refractivity contribution < 1.29 is 14.7 Å². The monoisotopic (exact) mass is 285 g/mol. The summed E-state index contributed by atoms with van der Waals surface area (Å²) in [4.78, 5) is 24.9. The maximum Gasteiger partial charge on any atom is 0.315 e. The summed E-state index contributed by atoms with van der Waals surface area (Å²) in [5.74, 6) is -1.38. The normalized spacial score (nSPS) is 19.1. The molecule has 1 saturated heterocycles. The zero-order chi connectivity index (χ0) is 15.0. The summed E-state index contributed by atoms with van der Waals surface area (Å²) in [6, 6.07) is -0.216. The van der Waals surface area contributed by atoms with E-state index in [0.717, 1.165) is 19.6 Å². The number of rotatable bonds is 7. The Hall–Kier alpha value is -1.30. The third kappa shape index (κ3) is 6.23. The number of piperidine rings is 1. The van der Waals surface area contributed by atoms with Crippen LogP contribution in [0.5, 0.6) is 0 Å². The molecule has 0 saturated carbocycles. The summed E-state index contributed by atoms with van der Waals surface area (Å²) in [7, 11) is 0. The largest absolute Gasteiger partial charge is 0.481 e. The van der Waals surface area contributed by atoms with Gasteiger partial charge in [-0.05, 0) is 39.3 Å². The van der Waals surface area contributed by atoms with E-state index in [9.17, 15) is 9.59 Å². The van der Waals surface area contributed by atoms with Crippen LogP contribution in [0.2, 0.25) is 0 Å². The molecule has 6 heteroatoms. The zero-order valence-electron chi connectivity index (χ0n) is 12.5.